The lowest BCUT2D eigenvalue weighted by Gasteiger charge is -2.21. The maximum atomic E-state index is 12.2. The molecule has 0 aliphatic rings. The van der Waals surface area contributed by atoms with Gasteiger partial charge in [-0.1, -0.05) is 53.0 Å². The zero-order valence-electron chi connectivity index (χ0n) is 18.4. The Morgan fingerprint density at radius 1 is 1.00 bits per heavy atom. The van der Waals surface area contributed by atoms with Crippen molar-refractivity contribution in [3.8, 4) is 0 Å². The number of carboxylic acid groups (broad SMARTS) is 1. The van der Waals surface area contributed by atoms with Crippen molar-refractivity contribution in [3.05, 3.63) is 11.6 Å². The Kier molecular flexibility index (Phi) is 18.7. The number of halogens is 1. The van der Waals surface area contributed by atoms with Crippen LogP contribution < -0.4 is 0 Å². The molecule has 0 bridgehead atoms. The average Bonchev–Trinajstić information content (AvgIpc) is 2.56. The summed E-state index contributed by atoms with van der Waals surface area (Å²) in [4.78, 5) is 23.9. The lowest BCUT2D eigenvalue weighted by Crippen LogP contribution is -2.27. The van der Waals surface area contributed by atoms with Gasteiger partial charge >= 0.3 is 5.97 Å². The average molecular weight is 440 g/mol. The van der Waals surface area contributed by atoms with Gasteiger partial charge in [-0.2, -0.15) is 0 Å². The lowest BCUT2D eigenvalue weighted by atomic mass is 10.1. The van der Waals surface area contributed by atoms with E-state index in [1.54, 1.807) is 6.08 Å². The maximum Gasteiger partial charge on any atom is 0.331 e. The lowest BCUT2D eigenvalue weighted by molar-refractivity contribution is -0.132. The van der Waals surface area contributed by atoms with Crippen molar-refractivity contribution >= 4 is 25.7 Å². The topological polar surface area (TPSA) is 77.8 Å². The fourth-order valence-corrected chi connectivity index (χ4v) is 5.22. The Morgan fingerprint density at radius 2 is 1.54 bits per heavy atom. The zero-order valence-corrected chi connectivity index (χ0v) is 20.1. The fourth-order valence-electron chi connectivity index (χ4n) is 3.15. The van der Waals surface area contributed by atoms with Crippen molar-refractivity contribution in [2.24, 2.45) is 5.92 Å². The fraction of sp³-hybridized carbons (Fsp3) is 0.857. The van der Waals surface area contributed by atoms with E-state index in [2.05, 4.69) is 18.7 Å². The van der Waals surface area contributed by atoms with Gasteiger partial charge in [0.1, 0.15) is 0 Å². The summed E-state index contributed by atoms with van der Waals surface area (Å²) in [5.41, 5.74) is 0.0917. The molecule has 1 atom stereocenters. The van der Waals surface area contributed by atoms with E-state index in [1.165, 1.54) is 38.8 Å². The van der Waals surface area contributed by atoms with E-state index in [0.717, 1.165) is 25.8 Å². The first kappa shape index (κ1) is 29.8. The van der Waals surface area contributed by atoms with Gasteiger partial charge in [-0.3, -0.25) is 4.57 Å². The highest BCUT2D eigenvalue weighted by Crippen LogP contribution is 2.44. The van der Waals surface area contributed by atoms with Crippen LogP contribution in [-0.2, 0) is 9.36 Å². The van der Waals surface area contributed by atoms with E-state index in [4.69, 9.17) is 0 Å². The van der Waals surface area contributed by atoms with Gasteiger partial charge in [0.25, 0.3) is 0 Å². The summed E-state index contributed by atoms with van der Waals surface area (Å²) in [5, 5.41) is 9.30. The van der Waals surface area contributed by atoms with E-state index in [9.17, 15) is 19.4 Å². The molecule has 28 heavy (non-hydrogen) atoms. The number of rotatable bonds is 17. The minimum Gasteiger partial charge on any atom is -0.478 e. The van der Waals surface area contributed by atoms with E-state index in [1.807, 2.05) is 13.8 Å². The molecule has 0 amide bonds. The van der Waals surface area contributed by atoms with Crippen molar-refractivity contribution < 1.29 is 19.4 Å². The highest BCUT2D eigenvalue weighted by Gasteiger charge is 2.24. The molecular weight excluding hydrogens is 397 g/mol. The molecule has 0 radical (unpaired) electrons. The van der Waals surface area contributed by atoms with Crippen LogP contribution in [0, 0.1) is 5.92 Å². The first-order valence-electron chi connectivity index (χ1n) is 10.7. The Balaban J connectivity index is 0. The van der Waals surface area contributed by atoms with E-state index in [-0.39, 0.29) is 36.2 Å². The first-order valence-corrected chi connectivity index (χ1v) is 12.7. The molecule has 0 spiro atoms. The summed E-state index contributed by atoms with van der Waals surface area (Å²) in [7, 11) is -3.41. The van der Waals surface area contributed by atoms with Crippen LogP contribution in [0.4, 0.5) is 0 Å². The molecule has 0 heterocycles. The van der Waals surface area contributed by atoms with Crippen LogP contribution in [0.25, 0.3) is 0 Å². The minimum absolute atomic E-state index is 0. The smallest absolute Gasteiger partial charge is 0.331 e. The normalized spacial score (nSPS) is 14.2. The number of unbranched alkanes of at least 4 members (excludes halogenated alkanes) is 5. The second-order valence-corrected chi connectivity index (χ2v) is 10.4. The van der Waals surface area contributed by atoms with Crippen molar-refractivity contribution in [2.75, 3.05) is 32.0 Å². The molecule has 0 aromatic heterocycles. The third kappa shape index (κ3) is 16.6. The first-order chi connectivity index (χ1) is 12.7. The highest BCUT2D eigenvalue weighted by molar-refractivity contribution is 7.58. The van der Waals surface area contributed by atoms with Crippen molar-refractivity contribution in [3.63, 3.8) is 0 Å². The molecule has 5 nitrogen and oxygen atoms in total. The van der Waals surface area contributed by atoms with Crippen LogP contribution >= 0.6 is 19.8 Å². The molecule has 0 saturated heterocycles. The Morgan fingerprint density at radius 3 is 2.00 bits per heavy atom. The standard InChI is InChI=1S/C21H42NO4P.ClH/c1-5-7-14-22(15-8-6-2)16-12-10-9-11-13-20(21(23)24)18-27(25,26)17-19(3)4;/h13,19H,5-12,14-18H2,1-4H3,(H,23,24)(H,25,26);1H. The van der Waals surface area contributed by atoms with Gasteiger partial charge in [0.15, 0.2) is 0 Å². The number of hydrogen-bond acceptors (Lipinski definition) is 3. The van der Waals surface area contributed by atoms with Gasteiger partial charge in [-0.05, 0) is 57.7 Å². The quantitative estimate of drug-likeness (QED) is 0.170. The Bertz CT molecular complexity index is 475. The van der Waals surface area contributed by atoms with Gasteiger partial charge in [0.2, 0.25) is 7.37 Å². The molecule has 1 unspecified atom stereocenters. The molecule has 2 N–H and O–H groups in total. The number of carbonyl (C=O) groups is 1. The summed E-state index contributed by atoms with van der Waals surface area (Å²) in [6.45, 7) is 11.6. The molecule has 7 heteroatoms. The van der Waals surface area contributed by atoms with Gasteiger partial charge in [0.05, 0.1) is 6.16 Å². The highest BCUT2D eigenvalue weighted by atomic mass is 35.5. The molecule has 168 valence electrons. The minimum atomic E-state index is -3.41. The zero-order chi connectivity index (χ0) is 20.7. The monoisotopic (exact) mass is 439 g/mol. The number of hydrogen-bond donors (Lipinski definition) is 2. The maximum absolute atomic E-state index is 12.2. The summed E-state index contributed by atoms with van der Waals surface area (Å²) >= 11 is 0. The number of allylic oxidation sites excluding steroid dienone is 1. The summed E-state index contributed by atoms with van der Waals surface area (Å²) in [6, 6.07) is 0. The summed E-state index contributed by atoms with van der Waals surface area (Å²) in [6.07, 6.45) is 10.3. The Hall–Kier alpha value is -0.350. The van der Waals surface area contributed by atoms with Crippen molar-refractivity contribution in [1.82, 2.24) is 4.90 Å². The molecule has 0 rings (SSSR count). The van der Waals surface area contributed by atoms with E-state index < -0.39 is 13.3 Å². The van der Waals surface area contributed by atoms with Crippen molar-refractivity contribution in [2.45, 2.75) is 79.1 Å². The van der Waals surface area contributed by atoms with Crippen LogP contribution in [0.5, 0.6) is 0 Å². The van der Waals surface area contributed by atoms with Gasteiger partial charge in [-0.15, -0.1) is 12.4 Å². The molecule has 0 aliphatic heterocycles. The van der Waals surface area contributed by atoms with Crippen LogP contribution in [0.1, 0.15) is 79.1 Å². The Labute approximate surface area is 178 Å². The molecule has 0 saturated carbocycles. The van der Waals surface area contributed by atoms with Gasteiger partial charge < -0.3 is 14.9 Å². The van der Waals surface area contributed by atoms with E-state index in [0.29, 0.717) is 6.42 Å². The third-order valence-electron chi connectivity index (χ3n) is 4.57. The summed E-state index contributed by atoms with van der Waals surface area (Å²) in [5.74, 6) is -0.988. The third-order valence-corrected chi connectivity index (χ3v) is 6.70. The molecular formula is C21H43ClNO4P. The summed E-state index contributed by atoms with van der Waals surface area (Å²) < 4.78 is 12.2. The second-order valence-electron chi connectivity index (χ2n) is 8.01. The molecule has 0 aliphatic carbocycles. The number of carboxylic acids is 1. The largest absolute Gasteiger partial charge is 0.478 e. The predicted molar refractivity (Wildman–Crippen MR) is 122 cm³/mol. The SMILES string of the molecule is CCCCN(CCCC)CCCCCC=C(CP(=O)(O)CC(C)C)C(=O)O.Cl. The number of nitrogens with zero attached hydrogens (tertiary/aromatic N) is 1. The van der Waals surface area contributed by atoms with Crippen LogP contribution in [-0.4, -0.2) is 52.8 Å². The molecule has 0 aromatic rings. The van der Waals surface area contributed by atoms with Crippen LogP contribution in [0.3, 0.4) is 0 Å². The number of aliphatic carboxylic acids is 1. The van der Waals surface area contributed by atoms with Crippen LogP contribution in [0.15, 0.2) is 11.6 Å². The second kappa shape index (κ2) is 17.5. The van der Waals surface area contributed by atoms with Gasteiger partial charge in [0, 0.05) is 11.7 Å². The molecule has 0 fully saturated rings. The van der Waals surface area contributed by atoms with Crippen molar-refractivity contribution in [1.29, 1.82) is 0 Å². The van der Waals surface area contributed by atoms with E-state index >= 15 is 0 Å². The van der Waals surface area contributed by atoms with Gasteiger partial charge in [-0.25, -0.2) is 4.79 Å². The van der Waals surface area contributed by atoms with Crippen LogP contribution in [0.2, 0.25) is 0 Å². The predicted octanol–water partition coefficient (Wildman–Crippen LogP) is 5.81. The molecule has 0 aromatic carbocycles.